The summed E-state index contributed by atoms with van der Waals surface area (Å²) in [7, 11) is 0. The van der Waals surface area contributed by atoms with Gasteiger partial charge in [-0.05, 0) is 12.1 Å². The minimum atomic E-state index is 0.685. The molecule has 3 heteroatoms. The quantitative estimate of drug-likeness (QED) is 0.620. The molecule has 1 aromatic carbocycles. The third kappa shape index (κ3) is 2.28. The predicted molar refractivity (Wildman–Crippen MR) is 64.7 cm³/mol. The van der Waals surface area contributed by atoms with Crippen molar-refractivity contribution in [3.63, 3.8) is 0 Å². The van der Waals surface area contributed by atoms with Crippen LogP contribution in [-0.2, 0) is 0 Å². The van der Waals surface area contributed by atoms with Crippen LogP contribution < -0.4 is 0 Å². The van der Waals surface area contributed by atoms with Gasteiger partial charge in [0.05, 0.1) is 11.0 Å². The highest BCUT2D eigenvalue weighted by Gasteiger charge is 2.02. The monoisotopic (exact) mass is 260 g/mol. The molecule has 0 bridgehead atoms. The fraction of sp³-hybridized carbons (Fsp3) is 0.0833. The molecule has 0 amide bonds. The average molecular weight is 261 g/mol. The molecule has 0 saturated heterocycles. The lowest BCUT2D eigenvalue weighted by molar-refractivity contribution is 1.09. The van der Waals surface area contributed by atoms with Crippen LogP contribution in [0.4, 0.5) is 0 Å². The van der Waals surface area contributed by atoms with Crippen molar-refractivity contribution in [1.82, 2.24) is 10.2 Å². The van der Waals surface area contributed by atoms with Crippen LogP contribution in [0.15, 0.2) is 36.5 Å². The standard InChI is InChI=1S/C12H9BrN2/c13-8-3-5-10-4-1-2-6-11(10)12-7-9-14-15-12/h1-2,4,6-7,9H,8H2,(H,14,15). The van der Waals surface area contributed by atoms with E-state index in [9.17, 15) is 0 Å². The van der Waals surface area contributed by atoms with Gasteiger partial charge < -0.3 is 0 Å². The summed E-state index contributed by atoms with van der Waals surface area (Å²) in [6.07, 6.45) is 1.74. The Morgan fingerprint density at radius 2 is 2.13 bits per heavy atom. The maximum absolute atomic E-state index is 3.94. The molecule has 0 saturated carbocycles. The normalized spacial score (nSPS) is 9.40. The fourth-order valence-corrected chi connectivity index (χ4v) is 1.50. The minimum absolute atomic E-state index is 0.685. The molecule has 1 N–H and O–H groups in total. The number of aromatic nitrogens is 2. The van der Waals surface area contributed by atoms with Crippen LogP contribution in [0.3, 0.4) is 0 Å². The van der Waals surface area contributed by atoms with Crippen LogP contribution >= 0.6 is 15.9 Å². The van der Waals surface area contributed by atoms with E-state index in [2.05, 4.69) is 38.0 Å². The highest BCUT2D eigenvalue weighted by molar-refractivity contribution is 9.09. The first-order valence-corrected chi connectivity index (χ1v) is 5.67. The zero-order valence-corrected chi connectivity index (χ0v) is 9.58. The molecule has 0 spiro atoms. The average Bonchev–Trinajstić information content (AvgIpc) is 2.80. The smallest absolute Gasteiger partial charge is 0.0662 e. The SMILES string of the molecule is BrCC#Cc1ccccc1-c1ccn[nH]1. The van der Waals surface area contributed by atoms with Gasteiger partial charge >= 0.3 is 0 Å². The van der Waals surface area contributed by atoms with E-state index in [-0.39, 0.29) is 0 Å². The van der Waals surface area contributed by atoms with Crippen LogP contribution in [0.25, 0.3) is 11.3 Å². The molecular weight excluding hydrogens is 252 g/mol. The molecule has 0 aliphatic heterocycles. The molecule has 1 heterocycles. The van der Waals surface area contributed by atoms with Crippen molar-refractivity contribution in [1.29, 1.82) is 0 Å². The topological polar surface area (TPSA) is 28.7 Å². The van der Waals surface area contributed by atoms with E-state index in [0.29, 0.717) is 5.33 Å². The van der Waals surface area contributed by atoms with Crippen molar-refractivity contribution >= 4 is 15.9 Å². The zero-order valence-electron chi connectivity index (χ0n) is 8.00. The molecule has 2 rings (SSSR count). The van der Waals surface area contributed by atoms with Crippen LogP contribution in [0.1, 0.15) is 5.56 Å². The molecular formula is C12H9BrN2. The summed E-state index contributed by atoms with van der Waals surface area (Å²) in [5.74, 6) is 6.11. The number of hydrogen-bond donors (Lipinski definition) is 1. The van der Waals surface area contributed by atoms with E-state index >= 15 is 0 Å². The first-order chi connectivity index (χ1) is 7.42. The third-order valence-electron chi connectivity index (χ3n) is 2.01. The molecule has 0 fully saturated rings. The molecule has 0 atom stereocenters. The van der Waals surface area contributed by atoms with Gasteiger partial charge in [0, 0.05) is 17.3 Å². The maximum atomic E-state index is 3.94. The van der Waals surface area contributed by atoms with Gasteiger partial charge in [0.2, 0.25) is 0 Å². The van der Waals surface area contributed by atoms with E-state index < -0.39 is 0 Å². The summed E-state index contributed by atoms with van der Waals surface area (Å²) < 4.78 is 0. The van der Waals surface area contributed by atoms with Crippen molar-refractivity contribution in [2.45, 2.75) is 0 Å². The number of aromatic amines is 1. The first kappa shape index (κ1) is 10.0. The lowest BCUT2D eigenvalue weighted by atomic mass is 10.1. The Morgan fingerprint density at radius 3 is 2.87 bits per heavy atom. The molecule has 0 unspecified atom stereocenters. The summed E-state index contributed by atoms with van der Waals surface area (Å²) in [4.78, 5) is 0. The minimum Gasteiger partial charge on any atom is -0.278 e. The molecule has 0 radical (unpaired) electrons. The molecule has 2 nitrogen and oxygen atoms in total. The highest BCUT2D eigenvalue weighted by Crippen LogP contribution is 2.20. The van der Waals surface area contributed by atoms with Crippen molar-refractivity contribution in [2.75, 3.05) is 5.33 Å². The fourth-order valence-electron chi connectivity index (χ4n) is 1.36. The van der Waals surface area contributed by atoms with Crippen LogP contribution in [0.5, 0.6) is 0 Å². The molecule has 15 heavy (non-hydrogen) atoms. The molecule has 0 aliphatic carbocycles. The number of alkyl halides is 1. The number of halogens is 1. The maximum Gasteiger partial charge on any atom is 0.0662 e. The zero-order chi connectivity index (χ0) is 10.5. The first-order valence-electron chi connectivity index (χ1n) is 4.55. The van der Waals surface area contributed by atoms with Crippen molar-refractivity contribution in [3.8, 4) is 23.1 Å². The second-order valence-electron chi connectivity index (χ2n) is 2.95. The third-order valence-corrected chi connectivity index (χ3v) is 2.29. The number of nitrogens with zero attached hydrogens (tertiary/aromatic N) is 1. The Kier molecular flexibility index (Phi) is 3.21. The summed E-state index contributed by atoms with van der Waals surface area (Å²) in [6, 6.07) is 9.96. The molecule has 2 aromatic rings. The van der Waals surface area contributed by atoms with E-state index in [1.165, 1.54) is 0 Å². The van der Waals surface area contributed by atoms with Crippen molar-refractivity contribution in [3.05, 3.63) is 42.1 Å². The van der Waals surface area contributed by atoms with Gasteiger partial charge in [0.25, 0.3) is 0 Å². The van der Waals surface area contributed by atoms with Crippen LogP contribution in [0.2, 0.25) is 0 Å². The Labute approximate surface area is 96.8 Å². The van der Waals surface area contributed by atoms with E-state index in [1.54, 1.807) is 6.20 Å². The Morgan fingerprint density at radius 1 is 1.27 bits per heavy atom. The van der Waals surface area contributed by atoms with E-state index in [1.807, 2.05) is 30.3 Å². The molecule has 0 aliphatic rings. The second kappa shape index (κ2) is 4.81. The lowest BCUT2D eigenvalue weighted by Crippen LogP contribution is -1.84. The number of rotatable bonds is 1. The Balaban J connectivity index is 2.47. The molecule has 74 valence electrons. The van der Waals surface area contributed by atoms with E-state index in [4.69, 9.17) is 0 Å². The van der Waals surface area contributed by atoms with E-state index in [0.717, 1.165) is 16.8 Å². The van der Waals surface area contributed by atoms with Gasteiger partial charge in [0.1, 0.15) is 0 Å². The predicted octanol–water partition coefficient (Wildman–Crippen LogP) is 2.82. The van der Waals surface area contributed by atoms with Crippen LogP contribution in [-0.4, -0.2) is 15.5 Å². The van der Waals surface area contributed by atoms with Crippen LogP contribution in [0, 0.1) is 11.8 Å². The lowest BCUT2D eigenvalue weighted by Gasteiger charge is -2.00. The van der Waals surface area contributed by atoms with Gasteiger partial charge in [0.15, 0.2) is 0 Å². The van der Waals surface area contributed by atoms with Gasteiger partial charge in [-0.15, -0.1) is 0 Å². The number of H-pyrrole nitrogens is 1. The van der Waals surface area contributed by atoms with Gasteiger partial charge in [-0.3, -0.25) is 5.10 Å². The van der Waals surface area contributed by atoms with Gasteiger partial charge in [-0.1, -0.05) is 46.0 Å². The summed E-state index contributed by atoms with van der Waals surface area (Å²) in [5, 5.41) is 7.56. The number of hydrogen-bond acceptors (Lipinski definition) is 1. The summed E-state index contributed by atoms with van der Waals surface area (Å²) in [6.45, 7) is 0. The number of benzene rings is 1. The van der Waals surface area contributed by atoms with Gasteiger partial charge in [-0.2, -0.15) is 5.10 Å². The number of nitrogens with one attached hydrogen (secondary N) is 1. The Hall–Kier alpha value is -1.53. The summed E-state index contributed by atoms with van der Waals surface area (Å²) in [5.41, 5.74) is 3.10. The largest absolute Gasteiger partial charge is 0.278 e. The molecule has 1 aromatic heterocycles. The van der Waals surface area contributed by atoms with Gasteiger partial charge in [-0.25, -0.2) is 0 Å². The highest BCUT2D eigenvalue weighted by atomic mass is 79.9. The second-order valence-corrected chi connectivity index (χ2v) is 3.51. The van der Waals surface area contributed by atoms with Crippen molar-refractivity contribution in [2.24, 2.45) is 0 Å². The Bertz CT molecular complexity index is 492. The van der Waals surface area contributed by atoms with Crippen molar-refractivity contribution < 1.29 is 0 Å². The summed E-state index contributed by atoms with van der Waals surface area (Å²) >= 11 is 3.29.